The number of hydrogen-bond donors (Lipinski definition) is 3. The molecule has 2 amide bonds. The summed E-state index contributed by atoms with van der Waals surface area (Å²) in [5.41, 5.74) is 10.5. The highest BCUT2D eigenvalue weighted by Gasteiger charge is 2.22. The number of hydrogen-bond acceptors (Lipinski definition) is 6. The molecule has 0 saturated heterocycles. The number of primary amides is 1. The van der Waals surface area contributed by atoms with Crippen LogP contribution in [0.3, 0.4) is 0 Å². The van der Waals surface area contributed by atoms with Crippen LogP contribution in [-0.2, 0) is 21.3 Å². The maximum atomic E-state index is 13.3. The Balaban J connectivity index is 1.68. The molecule has 0 fully saturated rings. The van der Waals surface area contributed by atoms with Crippen molar-refractivity contribution in [3.8, 4) is 5.75 Å². The molecule has 0 bridgehead atoms. The lowest BCUT2D eigenvalue weighted by Gasteiger charge is -2.20. The van der Waals surface area contributed by atoms with E-state index < -0.39 is 33.6 Å². The predicted molar refractivity (Wildman–Crippen MR) is 186 cm³/mol. The third-order valence-corrected chi connectivity index (χ3v) is 8.24. The largest absolute Gasteiger partial charge is 0.493 e. The minimum absolute atomic E-state index is 0.00266. The second-order valence-electron chi connectivity index (χ2n) is 12.7. The van der Waals surface area contributed by atoms with Crippen molar-refractivity contribution in [3.63, 3.8) is 0 Å². The summed E-state index contributed by atoms with van der Waals surface area (Å²) in [7, 11) is -4.26. The Morgan fingerprint density at radius 3 is 2.34 bits per heavy atom. The molecule has 9 nitrogen and oxygen atoms in total. The van der Waals surface area contributed by atoms with E-state index >= 15 is 0 Å². The van der Waals surface area contributed by atoms with Crippen LogP contribution in [0.4, 0.5) is 0 Å². The first-order chi connectivity index (χ1) is 22.1. The first-order valence-electron chi connectivity index (χ1n) is 15.4. The molecule has 0 aliphatic rings. The van der Waals surface area contributed by atoms with Gasteiger partial charge in [0, 0.05) is 17.5 Å². The van der Waals surface area contributed by atoms with E-state index in [0.717, 1.165) is 27.7 Å². The molecule has 3 aromatic carbocycles. The van der Waals surface area contributed by atoms with Gasteiger partial charge in [0.1, 0.15) is 17.1 Å². The normalized spacial score (nSPS) is 13.4. The lowest BCUT2D eigenvalue weighted by atomic mass is 9.88. The van der Waals surface area contributed by atoms with Crippen molar-refractivity contribution in [2.24, 2.45) is 11.1 Å². The number of nitrogens with two attached hydrogens (primary N) is 1. The van der Waals surface area contributed by atoms with Crippen molar-refractivity contribution in [1.82, 2.24) is 5.32 Å². The fraction of sp³-hybridized carbons (Fsp3) is 0.297. The molecule has 0 saturated carbocycles. The van der Waals surface area contributed by atoms with E-state index in [9.17, 15) is 18.0 Å². The molecule has 0 radical (unpaired) electrons. The first-order valence-corrected chi connectivity index (χ1v) is 17.0. The van der Waals surface area contributed by atoms with Crippen LogP contribution in [-0.4, -0.2) is 43.7 Å². The number of carbonyl (C=O) groups is 2. The molecule has 4 N–H and O–H groups in total. The van der Waals surface area contributed by atoms with Crippen LogP contribution in [0.5, 0.6) is 5.75 Å². The van der Waals surface area contributed by atoms with E-state index in [4.69, 9.17) is 19.4 Å². The van der Waals surface area contributed by atoms with E-state index in [2.05, 4.69) is 26.1 Å². The minimum Gasteiger partial charge on any atom is -0.493 e. The van der Waals surface area contributed by atoms with E-state index in [1.165, 1.54) is 0 Å². The summed E-state index contributed by atoms with van der Waals surface area (Å²) in [4.78, 5) is 26.0. The summed E-state index contributed by atoms with van der Waals surface area (Å²) in [6, 6.07) is 22.2. The van der Waals surface area contributed by atoms with Gasteiger partial charge < -0.3 is 20.2 Å². The van der Waals surface area contributed by atoms with E-state index in [1.807, 2.05) is 86.7 Å². The van der Waals surface area contributed by atoms with Crippen LogP contribution >= 0.6 is 0 Å². The fourth-order valence-electron chi connectivity index (χ4n) is 5.06. The number of para-hydroxylation sites is 1. The number of furan rings is 1. The molecule has 4 aromatic rings. The molecule has 47 heavy (non-hydrogen) atoms. The molecule has 1 atom stereocenters. The highest BCUT2D eigenvalue weighted by Crippen LogP contribution is 2.31. The minimum atomic E-state index is -4.26. The quantitative estimate of drug-likeness (QED) is 0.106. The standard InChI is InChI=1S/C37H42N2O7S/c1-6-26(19-24(2)34-22-28-9-7-8-10-33(28)46-34)31-20-25(11-16-30(31)36(41)39-17-18-47(42,43)44)21-32(35(38)40)27-12-14-29(15-13-27)45-23-37(3,4)5/h6-16,19-20,22,32H,17-18,21,23H2,1-5H3,(H2,38,40)(H,39,41)(H,42,43,44)/b24-19+,26-6+. The Morgan fingerprint density at radius 1 is 1.02 bits per heavy atom. The molecule has 1 heterocycles. The number of rotatable bonds is 13. The average molecular weight is 659 g/mol. The second kappa shape index (κ2) is 14.8. The van der Waals surface area contributed by atoms with Gasteiger partial charge in [0.2, 0.25) is 5.91 Å². The fourth-order valence-corrected chi connectivity index (χ4v) is 5.42. The number of nitrogens with one attached hydrogen (secondary N) is 1. The summed E-state index contributed by atoms with van der Waals surface area (Å²) in [6.45, 7) is 10.3. The van der Waals surface area contributed by atoms with Gasteiger partial charge in [-0.2, -0.15) is 8.42 Å². The molecule has 0 spiro atoms. The summed E-state index contributed by atoms with van der Waals surface area (Å²) in [5, 5.41) is 3.54. The van der Waals surface area contributed by atoms with Gasteiger partial charge in [-0.1, -0.05) is 69.3 Å². The third kappa shape index (κ3) is 9.91. The van der Waals surface area contributed by atoms with Gasteiger partial charge in [0.15, 0.2) is 0 Å². The van der Waals surface area contributed by atoms with Crippen LogP contribution in [0, 0.1) is 5.41 Å². The van der Waals surface area contributed by atoms with Crippen molar-refractivity contribution >= 4 is 44.0 Å². The van der Waals surface area contributed by atoms with Crippen LogP contribution in [0.15, 0.2) is 89.4 Å². The maximum absolute atomic E-state index is 13.3. The lowest BCUT2D eigenvalue weighted by Crippen LogP contribution is -2.29. The maximum Gasteiger partial charge on any atom is 0.266 e. The Morgan fingerprint density at radius 2 is 1.72 bits per heavy atom. The van der Waals surface area contributed by atoms with Gasteiger partial charge in [-0.15, -0.1) is 0 Å². The van der Waals surface area contributed by atoms with Crippen LogP contribution in [0.1, 0.15) is 73.3 Å². The molecule has 10 heteroatoms. The zero-order chi connectivity index (χ0) is 34.4. The molecule has 248 valence electrons. The third-order valence-electron chi connectivity index (χ3n) is 7.52. The van der Waals surface area contributed by atoms with Crippen molar-refractivity contribution in [1.29, 1.82) is 0 Å². The molecule has 0 aliphatic heterocycles. The van der Waals surface area contributed by atoms with Gasteiger partial charge in [-0.3, -0.25) is 14.1 Å². The number of ether oxygens (including phenoxy) is 1. The number of allylic oxidation sites excluding steroid dienone is 4. The Hall–Kier alpha value is -4.67. The highest BCUT2D eigenvalue weighted by molar-refractivity contribution is 7.85. The van der Waals surface area contributed by atoms with E-state index in [1.54, 1.807) is 12.1 Å². The van der Waals surface area contributed by atoms with Gasteiger partial charge in [0.25, 0.3) is 16.0 Å². The monoisotopic (exact) mass is 658 g/mol. The average Bonchev–Trinajstić information content (AvgIpc) is 3.45. The number of amides is 2. The molecule has 0 aliphatic carbocycles. The number of benzene rings is 3. The highest BCUT2D eigenvalue weighted by atomic mass is 32.2. The van der Waals surface area contributed by atoms with Crippen molar-refractivity contribution in [3.05, 3.63) is 113 Å². The molecular formula is C37H42N2O7S. The van der Waals surface area contributed by atoms with Gasteiger partial charge in [-0.05, 0) is 89.9 Å². The van der Waals surface area contributed by atoms with Gasteiger partial charge in [-0.25, -0.2) is 0 Å². The van der Waals surface area contributed by atoms with E-state index in [0.29, 0.717) is 34.8 Å². The van der Waals surface area contributed by atoms with Crippen LogP contribution < -0.4 is 15.8 Å². The molecule has 1 unspecified atom stereocenters. The van der Waals surface area contributed by atoms with Crippen molar-refractivity contribution < 1.29 is 31.7 Å². The summed E-state index contributed by atoms with van der Waals surface area (Å²) < 4.78 is 43.5. The smallest absolute Gasteiger partial charge is 0.266 e. The second-order valence-corrected chi connectivity index (χ2v) is 14.3. The number of carbonyl (C=O) groups excluding carboxylic acids is 2. The zero-order valence-electron chi connectivity index (χ0n) is 27.4. The van der Waals surface area contributed by atoms with Crippen molar-refractivity contribution in [2.75, 3.05) is 18.9 Å². The summed E-state index contributed by atoms with van der Waals surface area (Å²) in [6.07, 6.45) is 4.05. The SMILES string of the molecule is C/C=C(\C=C(/C)c1cc2ccccc2o1)c1cc(CC(C(N)=O)c2ccc(OCC(C)(C)C)cc2)ccc1C(=O)NCCS(=O)(=O)O. The van der Waals surface area contributed by atoms with E-state index in [-0.39, 0.29) is 18.4 Å². The van der Waals surface area contributed by atoms with Crippen LogP contribution in [0.25, 0.3) is 22.1 Å². The summed E-state index contributed by atoms with van der Waals surface area (Å²) >= 11 is 0. The Kier molecular flexibility index (Phi) is 11.1. The van der Waals surface area contributed by atoms with Crippen molar-refractivity contribution in [2.45, 2.75) is 47.0 Å². The predicted octanol–water partition coefficient (Wildman–Crippen LogP) is 6.79. The first kappa shape index (κ1) is 35.2. The zero-order valence-corrected chi connectivity index (χ0v) is 28.2. The molecular weight excluding hydrogens is 616 g/mol. The van der Waals surface area contributed by atoms with Gasteiger partial charge in [0.05, 0.1) is 18.3 Å². The topological polar surface area (TPSA) is 149 Å². The number of fused-ring (bicyclic) bond motifs is 1. The lowest BCUT2D eigenvalue weighted by molar-refractivity contribution is -0.119. The summed E-state index contributed by atoms with van der Waals surface area (Å²) in [5.74, 6) is -0.896. The molecule has 1 aromatic heterocycles. The van der Waals surface area contributed by atoms with Crippen LogP contribution in [0.2, 0.25) is 0 Å². The van der Waals surface area contributed by atoms with Gasteiger partial charge >= 0.3 is 0 Å². The Bertz CT molecular complexity index is 1880. The Labute approximate surface area is 276 Å². The molecule has 4 rings (SSSR count).